The molecule has 1 saturated heterocycles. The normalized spacial score (nSPS) is 15.6. The number of aliphatic hydroxyl groups excluding tert-OH is 1. The van der Waals surface area contributed by atoms with E-state index in [1.807, 2.05) is 51.9 Å². The summed E-state index contributed by atoms with van der Waals surface area (Å²) < 4.78 is 11.2. The monoisotopic (exact) mass is 1670 g/mol. The Bertz CT molecular complexity index is 3730. The number of carbonyl (C=O) groups is 15. The van der Waals surface area contributed by atoms with Gasteiger partial charge in [-0.1, -0.05) is 119 Å². The largest absolute Gasteiger partial charge is 0.508 e. The number of hydrogen-bond donors (Lipinski definition) is 18. The molecule has 12 amide bonds. The predicted molar refractivity (Wildman–Crippen MR) is 421 cm³/mol. The molecule has 12 atom stereocenters. The Kier molecular flexibility index (Phi) is 43.1. The van der Waals surface area contributed by atoms with Gasteiger partial charge >= 0.3 is 48.0 Å². The van der Waals surface area contributed by atoms with E-state index < -0.39 is 163 Å². The summed E-state index contributed by atoms with van der Waals surface area (Å²) in [6.07, 6.45) is 0.777. The minimum Gasteiger partial charge on any atom is -0.508 e. The molecule has 638 valence electrons. The zero-order valence-corrected chi connectivity index (χ0v) is 68.1. The number of hydrogen-bond acceptors (Lipinski definition) is 24. The Labute approximate surface area is 677 Å². The van der Waals surface area contributed by atoms with Crippen molar-refractivity contribution in [3.8, 4) is 5.75 Å². The van der Waals surface area contributed by atoms with Crippen LogP contribution in [0.25, 0.3) is 0 Å². The van der Waals surface area contributed by atoms with Crippen LogP contribution in [0.2, 0.25) is 0 Å². The van der Waals surface area contributed by atoms with Gasteiger partial charge in [-0.2, -0.15) is 0 Å². The lowest BCUT2D eigenvalue weighted by atomic mass is 9.92. The number of urea groups is 2. The number of likely N-dealkylation sites (N-methyl/N-ethyl adjacent to an activating group) is 1. The Hall–Kier alpha value is -10.1. The molecule has 3 aromatic rings. The SMILES string of the molecule is CCCCOCN(C(=O)[C@@H](NC(=O)[C@H]1CCCCN1C)C(C)CC)[C@H](C[C@@H](O)c1nc(C(=O)N[C@@H](Cc2ccc(O)cc2)C[C@H](C)C(=O)NNC(=O)OCSSC[C@@H](NC(=O)[C@H](C)NC(=O)[C@H](CC(=O)O)NC(=O)Cc2ccc(CNC(=O)NCCCC[C@@H](NC(=O)N[C@@H](CCC(=O)O)C(=O)O)C(=O)O)cc2)C(=O)O)cs1)C(C)C. The molecule has 4 rings (SSSR count). The number of benzene rings is 2. The van der Waals surface area contributed by atoms with E-state index in [1.54, 1.807) is 36.1 Å². The maximum atomic E-state index is 14.8. The third-order valence-electron chi connectivity index (χ3n) is 18.7. The number of rotatable bonds is 51. The minimum atomic E-state index is -1.69. The molecular formula is C74H110N14O24S3. The van der Waals surface area contributed by atoms with Crippen LogP contribution in [0.15, 0.2) is 53.9 Å². The van der Waals surface area contributed by atoms with Crippen LogP contribution in [-0.4, -0.2) is 239 Å². The van der Waals surface area contributed by atoms with Gasteiger partial charge in [-0.15, -0.1) is 11.3 Å². The summed E-state index contributed by atoms with van der Waals surface area (Å²) in [7, 11) is 3.62. The number of aromatic hydroxyl groups is 1. The number of hydrazine groups is 1. The van der Waals surface area contributed by atoms with Crippen LogP contribution in [0.5, 0.6) is 5.75 Å². The summed E-state index contributed by atoms with van der Waals surface area (Å²) in [5.74, 6) is -13.9. The van der Waals surface area contributed by atoms with Gasteiger partial charge in [0.15, 0.2) is 0 Å². The van der Waals surface area contributed by atoms with Crippen LogP contribution in [-0.2, 0) is 81.6 Å². The van der Waals surface area contributed by atoms with Gasteiger partial charge in [-0.05, 0) is 119 Å². The smallest absolute Gasteiger partial charge is 0.426 e. The highest BCUT2D eigenvalue weighted by Gasteiger charge is 2.39. The number of thiazole rings is 1. The number of phenolic OH excluding ortho intramolecular Hbond substituents is 1. The van der Waals surface area contributed by atoms with Crippen molar-refractivity contribution >= 4 is 122 Å². The fraction of sp³-hybridized carbons (Fsp3) is 0.595. The average molecular weight is 1680 g/mol. The number of nitrogens with one attached hydrogen (secondary N) is 11. The van der Waals surface area contributed by atoms with Crippen molar-refractivity contribution in [1.29, 1.82) is 0 Å². The molecule has 115 heavy (non-hydrogen) atoms. The molecular weight excluding hydrogens is 1570 g/mol. The number of carboxylic acid groups (broad SMARTS) is 5. The molecule has 0 spiro atoms. The topological polar surface area (TPSA) is 568 Å². The van der Waals surface area contributed by atoms with Gasteiger partial charge in [0, 0.05) is 61.7 Å². The molecule has 1 aliphatic heterocycles. The number of carbonyl (C=O) groups excluding carboxylic acids is 10. The minimum absolute atomic E-state index is 0.00332. The second kappa shape index (κ2) is 51.0. The van der Waals surface area contributed by atoms with Crippen molar-refractivity contribution in [2.24, 2.45) is 17.8 Å². The van der Waals surface area contributed by atoms with E-state index in [1.165, 1.54) is 36.6 Å². The first-order valence-corrected chi connectivity index (χ1v) is 41.1. The third kappa shape index (κ3) is 36.1. The Morgan fingerprint density at radius 3 is 1.94 bits per heavy atom. The molecule has 41 heteroatoms. The van der Waals surface area contributed by atoms with Crippen molar-refractivity contribution in [2.45, 2.75) is 218 Å². The first-order valence-electron chi connectivity index (χ1n) is 37.8. The maximum Gasteiger partial charge on any atom is 0.426 e. The number of phenols is 1. The molecule has 0 radical (unpaired) electrons. The Morgan fingerprint density at radius 2 is 1.32 bits per heavy atom. The number of unbranched alkanes of at least 4 members (excludes halogenated alkanes) is 2. The molecule has 2 heterocycles. The third-order valence-corrected chi connectivity index (χ3v) is 21.7. The standard InChI is InChI=1S/C74H110N14O24S3/c1-9-11-30-111-39-88(68(101)61(42(5)10-2)84-66(100)55-17-13-15-29-87(55)8)56(41(3)4)35-57(90)67-81-53(37-113-67)65(99)78-48(32-45-22-24-49(89)25-23-45)31-43(6)62(96)85-86-74(110)112-40-115-114-38-54(71(106)107)80-63(97)44(7)77-64(98)52(34-60(94)95)79-58(91)33-46-18-20-47(21-19-46)36-76-72(108)75-28-14-12-16-50(69(102)103)82-73(109)83-51(70(104)105)26-27-59(92)93/h18-25,37,41-44,48,50-52,54-57,61,89-90H,9-17,26-36,38-40H2,1-8H3,(H,77,98)(H,78,99)(H,79,91)(H,80,97)(H,84,100)(H,85,96)(H,86,110)(H,92,93)(H,94,95)(H,102,103)(H,104,105)(H,106,107)(H2,75,76,108)(H2,82,83,109)/t42?,43-,44-,48+,50+,51-,52-,54+,55+,56+,57+,61-/m0/s1. The average Bonchev–Trinajstić information content (AvgIpc) is 1.78. The molecule has 1 aliphatic rings. The molecule has 0 saturated carbocycles. The quantitative estimate of drug-likeness (QED) is 0.0166. The molecule has 18 N–H and O–H groups in total. The Morgan fingerprint density at radius 1 is 0.670 bits per heavy atom. The van der Waals surface area contributed by atoms with Crippen LogP contribution in [0.4, 0.5) is 14.4 Å². The van der Waals surface area contributed by atoms with Crippen molar-refractivity contribution in [3.05, 3.63) is 81.3 Å². The summed E-state index contributed by atoms with van der Waals surface area (Å²) in [5.41, 5.74) is 6.06. The van der Waals surface area contributed by atoms with E-state index in [-0.39, 0.29) is 117 Å². The van der Waals surface area contributed by atoms with Gasteiger partial charge in [0.05, 0.1) is 18.9 Å². The summed E-state index contributed by atoms with van der Waals surface area (Å²) >= 11 is 1.05. The lowest BCUT2D eigenvalue weighted by Gasteiger charge is -2.39. The van der Waals surface area contributed by atoms with Gasteiger partial charge in [0.25, 0.3) is 5.91 Å². The molecule has 0 aliphatic carbocycles. The first-order chi connectivity index (χ1) is 54.5. The van der Waals surface area contributed by atoms with E-state index in [0.717, 1.165) is 65.2 Å². The highest BCUT2D eigenvalue weighted by Crippen LogP contribution is 2.30. The number of likely N-dealkylation sites (tertiary alicyclic amines) is 1. The number of aliphatic carboxylic acids is 5. The highest BCUT2D eigenvalue weighted by molar-refractivity contribution is 8.76. The number of piperidine rings is 1. The van der Waals surface area contributed by atoms with Gasteiger partial charge in [0.1, 0.15) is 71.5 Å². The molecule has 1 unspecified atom stereocenters. The van der Waals surface area contributed by atoms with Gasteiger partial charge in [-0.3, -0.25) is 53.5 Å². The van der Waals surface area contributed by atoms with Crippen LogP contribution in [0.3, 0.4) is 0 Å². The second-order valence-corrected chi connectivity index (χ2v) is 31.6. The Balaban J connectivity index is 1.23. The van der Waals surface area contributed by atoms with Crippen LogP contribution in [0, 0.1) is 17.8 Å². The van der Waals surface area contributed by atoms with E-state index in [0.29, 0.717) is 36.1 Å². The van der Waals surface area contributed by atoms with Crippen molar-refractivity contribution in [3.63, 3.8) is 0 Å². The lowest BCUT2D eigenvalue weighted by Crippen LogP contribution is -2.59. The fourth-order valence-corrected chi connectivity index (χ4v) is 14.3. The zero-order valence-electron chi connectivity index (χ0n) is 65.6. The maximum absolute atomic E-state index is 14.8. The van der Waals surface area contributed by atoms with Crippen LogP contribution in [0.1, 0.15) is 177 Å². The molecule has 0 bridgehead atoms. The number of aromatic nitrogens is 1. The lowest BCUT2D eigenvalue weighted by molar-refractivity contribution is -0.149. The van der Waals surface area contributed by atoms with Crippen molar-refractivity contribution in [2.75, 3.05) is 45.2 Å². The highest BCUT2D eigenvalue weighted by atomic mass is 33.1. The van der Waals surface area contributed by atoms with Gasteiger partial charge < -0.3 is 98.0 Å². The number of nitrogens with zero attached hydrogens (tertiary/aromatic N) is 3. The predicted octanol–water partition coefficient (Wildman–Crippen LogP) is 3.69. The summed E-state index contributed by atoms with van der Waals surface area (Å²) in [6, 6.07) is 0.443. The molecule has 38 nitrogen and oxygen atoms in total. The van der Waals surface area contributed by atoms with E-state index in [4.69, 9.17) is 14.6 Å². The molecule has 1 aromatic heterocycles. The molecule has 2 aromatic carbocycles. The summed E-state index contributed by atoms with van der Waals surface area (Å²) in [5, 5.41) is 92.9. The van der Waals surface area contributed by atoms with Crippen LogP contribution >= 0.6 is 32.9 Å². The summed E-state index contributed by atoms with van der Waals surface area (Å²) in [6.45, 7) is 13.7. The molecule has 1 fully saturated rings. The number of ether oxygens (including phenoxy) is 2. The van der Waals surface area contributed by atoms with Gasteiger partial charge in [0.2, 0.25) is 35.4 Å². The van der Waals surface area contributed by atoms with E-state index in [9.17, 15) is 103 Å². The zero-order chi connectivity index (χ0) is 85.4. The van der Waals surface area contributed by atoms with Crippen molar-refractivity contribution < 1.29 is 117 Å². The number of aliphatic hydroxyl groups is 1. The number of carboxylic acids is 5. The fourth-order valence-electron chi connectivity index (χ4n) is 11.8. The van der Waals surface area contributed by atoms with Gasteiger partial charge in [-0.25, -0.2) is 39.2 Å². The number of amides is 12. The van der Waals surface area contributed by atoms with E-state index >= 15 is 0 Å². The van der Waals surface area contributed by atoms with Crippen LogP contribution < -0.4 is 58.7 Å². The van der Waals surface area contributed by atoms with E-state index in [2.05, 4.69) is 58.4 Å². The van der Waals surface area contributed by atoms with Crippen molar-refractivity contribution in [1.82, 2.24) is 73.5 Å². The second-order valence-electron chi connectivity index (χ2n) is 28.2. The summed E-state index contributed by atoms with van der Waals surface area (Å²) in [4.78, 5) is 199. The first kappa shape index (κ1) is 97.3.